The normalized spacial score (nSPS) is 25.4. The van der Waals surface area contributed by atoms with Gasteiger partial charge in [0.15, 0.2) is 0 Å². The van der Waals surface area contributed by atoms with E-state index in [0.717, 1.165) is 12.3 Å². The molecule has 0 N–H and O–H groups in total. The number of hydrogen-bond acceptors (Lipinski definition) is 2. The van der Waals surface area contributed by atoms with Gasteiger partial charge in [-0.1, -0.05) is 12.8 Å². The van der Waals surface area contributed by atoms with E-state index in [1.54, 1.807) is 0 Å². The second kappa shape index (κ2) is 5.20. The zero-order valence-corrected chi connectivity index (χ0v) is 9.65. The van der Waals surface area contributed by atoms with E-state index in [9.17, 15) is 4.79 Å². The average Bonchev–Trinajstić information content (AvgIpc) is 2.72. The fourth-order valence-corrected chi connectivity index (χ4v) is 3.85. The van der Waals surface area contributed by atoms with Crippen LogP contribution in [0.2, 0.25) is 0 Å². The van der Waals surface area contributed by atoms with E-state index in [4.69, 9.17) is 0 Å². The van der Waals surface area contributed by atoms with E-state index >= 15 is 0 Å². The van der Waals surface area contributed by atoms with E-state index in [0.29, 0.717) is 11.7 Å². The van der Waals surface area contributed by atoms with Crippen molar-refractivity contribution in [3.63, 3.8) is 0 Å². The van der Waals surface area contributed by atoms with Crippen LogP contribution in [0.15, 0.2) is 0 Å². The minimum absolute atomic E-state index is 0.449. The van der Waals surface area contributed by atoms with Crippen LogP contribution in [0.3, 0.4) is 0 Å². The predicted octanol–water partition coefficient (Wildman–Crippen LogP) is 3.28. The highest BCUT2D eigenvalue weighted by Crippen LogP contribution is 2.31. The van der Waals surface area contributed by atoms with Crippen molar-refractivity contribution >= 4 is 17.5 Å². The lowest BCUT2D eigenvalue weighted by molar-refractivity contribution is -0.123. The van der Waals surface area contributed by atoms with Gasteiger partial charge < -0.3 is 0 Å². The topological polar surface area (TPSA) is 17.1 Å². The third kappa shape index (κ3) is 2.75. The molecule has 0 atom stereocenters. The zero-order chi connectivity index (χ0) is 9.80. The molecule has 2 fully saturated rings. The molecule has 0 aromatic rings. The third-order valence-electron chi connectivity index (χ3n) is 3.64. The van der Waals surface area contributed by atoms with Crippen LogP contribution < -0.4 is 0 Å². The average molecular weight is 212 g/mol. The molecule has 2 aliphatic rings. The van der Waals surface area contributed by atoms with Crippen LogP contribution in [0.25, 0.3) is 0 Å². The Balaban J connectivity index is 1.75. The summed E-state index contributed by atoms with van der Waals surface area (Å²) < 4.78 is 0. The second-order valence-corrected chi connectivity index (χ2v) is 5.93. The van der Waals surface area contributed by atoms with E-state index < -0.39 is 0 Å². The lowest BCUT2D eigenvalue weighted by Gasteiger charge is -2.21. The first-order chi connectivity index (χ1) is 6.86. The lowest BCUT2D eigenvalue weighted by Crippen LogP contribution is -2.18. The minimum atomic E-state index is 0.449. The summed E-state index contributed by atoms with van der Waals surface area (Å²) in [5.41, 5.74) is 0. The Morgan fingerprint density at radius 3 is 2.36 bits per heavy atom. The molecule has 0 spiro atoms. The first-order valence-corrected chi connectivity index (χ1v) is 7.12. The molecule has 1 nitrogen and oxygen atoms in total. The van der Waals surface area contributed by atoms with Crippen molar-refractivity contribution in [1.82, 2.24) is 0 Å². The smallest absolute Gasteiger partial charge is 0.136 e. The molecule has 1 aliphatic heterocycles. The van der Waals surface area contributed by atoms with Gasteiger partial charge in [0, 0.05) is 12.3 Å². The van der Waals surface area contributed by atoms with E-state index in [1.807, 2.05) is 11.8 Å². The number of ketones is 1. The maximum Gasteiger partial charge on any atom is 0.136 e. The maximum absolute atomic E-state index is 11.9. The highest BCUT2D eigenvalue weighted by molar-refractivity contribution is 7.99. The van der Waals surface area contributed by atoms with Crippen molar-refractivity contribution in [2.45, 2.75) is 44.9 Å². The van der Waals surface area contributed by atoms with Crippen LogP contribution in [0.4, 0.5) is 0 Å². The third-order valence-corrected chi connectivity index (χ3v) is 4.69. The molecule has 0 aromatic heterocycles. The Kier molecular flexibility index (Phi) is 3.91. The van der Waals surface area contributed by atoms with Gasteiger partial charge in [0.25, 0.3) is 0 Å². The first-order valence-electron chi connectivity index (χ1n) is 5.96. The van der Waals surface area contributed by atoms with Crippen LogP contribution in [-0.2, 0) is 4.79 Å². The Morgan fingerprint density at radius 2 is 1.71 bits per heavy atom. The van der Waals surface area contributed by atoms with Crippen molar-refractivity contribution in [3.8, 4) is 0 Å². The monoisotopic (exact) mass is 212 g/mol. The van der Waals surface area contributed by atoms with Crippen LogP contribution in [0, 0.1) is 11.8 Å². The van der Waals surface area contributed by atoms with Crippen molar-refractivity contribution in [2.75, 3.05) is 11.5 Å². The standard InChI is InChI=1S/C12H20OS/c13-12(11-3-1-2-4-11)9-10-5-7-14-8-6-10/h10-11H,1-9H2. The summed E-state index contributed by atoms with van der Waals surface area (Å²) in [4.78, 5) is 11.9. The quantitative estimate of drug-likeness (QED) is 0.714. The number of rotatable bonds is 3. The number of thioether (sulfide) groups is 1. The van der Waals surface area contributed by atoms with Gasteiger partial charge in [0.1, 0.15) is 5.78 Å². The fraction of sp³-hybridized carbons (Fsp3) is 0.917. The van der Waals surface area contributed by atoms with Crippen LogP contribution >= 0.6 is 11.8 Å². The van der Waals surface area contributed by atoms with Crippen molar-refractivity contribution in [2.24, 2.45) is 11.8 Å². The van der Waals surface area contributed by atoms with Gasteiger partial charge in [-0.3, -0.25) is 4.79 Å². The van der Waals surface area contributed by atoms with Gasteiger partial charge in [-0.05, 0) is 43.1 Å². The molecule has 0 bridgehead atoms. The van der Waals surface area contributed by atoms with E-state index in [2.05, 4.69) is 0 Å². The largest absolute Gasteiger partial charge is 0.299 e. The van der Waals surface area contributed by atoms with Gasteiger partial charge in [-0.15, -0.1) is 0 Å². The highest BCUT2D eigenvalue weighted by Gasteiger charge is 2.25. The number of carbonyl (C=O) groups is 1. The summed E-state index contributed by atoms with van der Waals surface area (Å²) in [7, 11) is 0. The Labute approximate surface area is 91.0 Å². The summed E-state index contributed by atoms with van der Waals surface area (Å²) in [6, 6.07) is 0. The van der Waals surface area contributed by atoms with Crippen molar-refractivity contribution in [1.29, 1.82) is 0 Å². The molecular formula is C12H20OS. The summed E-state index contributed by atoms with van der Waals surface area (Å²) >= 11 is 2.05. The summed E-state index contributed by atoms with van der Waals surface area (Å²) in [5, 5.41) is 0. The molecular weight excluding hydrogens is 192 g/mol. The SMILES string of the molecule is O=C(CC1CCSCC1)C1CCCC1. The highest BCUT2D eigenvalue weighted by atomic mass is 32.2. The van der Waals surface area contributed by atoms with Gasteiger partial charge in [-0.2, -0.15) is 11.8 Å². The van der Waals surface area contributed by atoms with E-state index in [-0.39, 0.29) is 0 Å². The Bertz CT molecular complexity index is 190. The van der Waals surface area contributed by atoms with Crippen LogP contribution in [-0.4, -0.2) is 17.3 Å². The molecule has 1 saturated heterocycles. The molecule has 1 heterocycles. The maximum atomic E-state index is 11.9. The molecule has 0 unspecified atom stereocenters. The summed E-state index contributed by atoms with van der Waals surface area (Å²) in [6.45, 7) is 0. The van der Waals surface area contributed by atoms with E-state index in [1.165, 1.54) is 50.0 Å². The fourth-order valence-electron chi connectivity index (χ4n) is 2.65. The van der Waals surface area contributed by atoms with Gasteiger partial charge >= 0.3 is 0 Å². The minimum Gasteiger partial charge on any atom is -0.299 e. The van der Waals surface area contributed by atoms with Crippen molar-refractivity contribution in [3.05, 3.63) is 0 Å². The molecule has 1 saturated carbocycles. The second-order valence-electron chi connectivity index (χ2n) is 4.71. The van der Waals surface area contributed by atoms with Crippen LogP contribution in [0.5, 0.6) is 0 Å². The predicted molar refractivity (Wildman–Crippen MR) is 61.6 cm³/mol. The number of hydrogen-bond donors (Lipinski definition) is 0. The number of Topliss-reactive ketones (excluding diaryl/α,β-unsaturated/α-hetero) is 1. The number of carbonyl (C=O) groups excluding carboxylic acids is 1. The Morgan fingerprint density at radius 1 is 1.07 bits per heavy atom. The van der Waals surface area contributed by atoms with Crippen molar-refractivity contribution < 1.29 is 4.79 Å². The van der Waals surface area contributed by atoms with Crippen LogP contribution in [0.1, 0.15) is 44.9 Å². The molecule has 0 aromatic carbocycles. The lowest BCUT2D eigenvalue weighted by atomic mass is 9.90. The molecule has 0 radical (unpaired) electrons. The molecule has 2 rings (SSSR count). The van der Waals surface area contributed by atoms with Gasteiger partial charge in [-0.25, -0.2) is 0 Å². The summed E-state index contributed by atoms with van der Waals surface area (Å²) in [6.07, 6.45) is 8.39. The molecule has 80 valence electrons. The Hall–Kier alpha value is 0.0200. The molecule has 14 heavy (non-hydrogen) atoms. The summed E-state index contributed by atoms with van der Waals surface area (Å²) in [5.74, 6) is 4.32. The molecule has 2 heteroatoms. The first kappa shape index (κ1) is 10.5. The van der Waals surface area contributed by atoms with Gasteiger partial charge in [0.05, 0.1) is 0 Å². The zero-order valence-electron chi connectivity index (χ0n) is 8.84. The van der Waals surface area contributed by atoms with Gasteiger partial charge in [0.2, 0.25) is 0 Å². The molecule has 1 aliphatic carbocycles. The molecule has 0 amide bonds.